The van der Waals surface area contributed by atoms with Crippen LogP contribution in [0.2, 0.25) is 0 Å². The van der Waals surface area contributed by atoms with Gasteiger partial charge in [0.1, 0.15) is 0 Å². The summed E-state index contributed by atoms with van der Waals surface area (Å²) >= 11 is 0. The van der Waals surface area contributed by atoms with E-state index in [4.69, 9.17) is 5.11 Å². The summed E-state index contributed by atoms with van der Waals surface area (Å²) in [4.78, 5) is 10.6. The lowest BCUT2D eigenvalue weighted by atomic mass is 10.1. The summed E-state index contributed by atoms with van der Waals surface area (Å²) in [5, 5.41) is 8.70. The fourth-order valence-corrected chi connectivity index (χ4v) is 1.90. The molecular weight excluding hydrogens is 286 g/mol. The monoisotopic (exact) mass is 303 g/mol. The molecule has 0 fully saturated rings. The molecule has 0 unspecified atom stereocenters. The van der Waals surface area contributed by atoms with Crippen LogP contribution in [0.15, 0.2) is 48.8 Å². The van der Waals surface area contributed by atoms with Crippen molar-refractivity contribution in [1.82, 2.24) is 0 Å². The SMILES string of the molecule is CCc1ccc(/C=C\c2cc[n+](CC(=O)O)cc2)cc1.[Cl-]. The van der Waals surface area contributed by atoms with Gasteiger partial charge in [-0.3, -0.25) is 0 Å². The van der Waals surface area contributed by atoms with E-state index in [-0.39, 0.29) is 19.0 Å². The van der Waals surface area contributed by atoms with Crippen LogP contribution in [0.4, 0.5) is 0 Å². The molecule has 1 aromatic carbocycles. The highest BCUT2D eigenvalue weighted by molar-refractivity contribution is 5.69. The Morgan fingerprint density at radius 3 is 2.05 bits per heavy atom. The van der Waals surface area contributed by atoms with E-state index in [0.717, 1.165) is 17.5 Å². The lowest BCUT2D eigenvalue weighted by molar-refractivity contribution is -0.685. The Balaban J connectivity index is 0.00000220. The molecule has 2 rings (SSSR count). The van der Waals surface area contributed by atoms with Gasteiger partial charge < -0.3 is 17.5 Å². The number of benzene rings is 1. The first kappa shape index (κ1) is 16.9. The molecule has 0 radical (unpaired) electrons. The molecule has 21 heavy (non-hydrogen) atoms. The smallest absolute Gasteiger partial charge is 0.370 e. The van der Waals surface area contributed by atoms with E-state index in [1.807, 2.05) is 18.2 Å². The van der Waals surface area contributed by atoms with Crippen LogP contribution in [0.1, 0.15) is 23.6 Å². The van der Waals surface area contributed by atoms with Gasteiger partial charge in [-0.25, -0.2) is 4.79 Å². The van der Waals surface area contributed by atoms with Crippen LogP contribution < -0.4 is 17.0 Å². The average molecular weight is 304 g/mol. The minimum Gasteiger partial charge on any atom is -1.00 e. The molecule has 0 aliphatic carbocycles. The second-order valence-corrected chi connectivity index (χ2v) is 4.63. The first-order valence-electron chi connectivity index (χ1n) is 6.65. The predicted molar refractivity (Wildman–Crippen MR) is 79.0 cm³/mol. The van der Waals surface area contributed by atoms with Crippen molar-refractivity contribution in [2.75, 3.05) is 0 Å². The summed E-state index contributed by atoms with van der Waals surface area (Å²) in [5.74, 6) is -0.839. The van der Waals surface area contributed by atoms with Crippen molar-refractivity contribution >= 4 is 18.1 Å². The fourth-order valence-electron chi connectivity index (χ4n) is 1.90. The third kappa shape index (κ3) is 5.40. The first-order chi connectivity index (χ1) is 9.67. The third-order valence-electron chi connectivity index (χ3n) is 3.09. The maximum absolute atomic E-state index is 10.6. The number of pyridine rings is 1. The van der Waals surface area contributed by atoms with Crippen molar-refractivity contribution < 1.29 is 26.9 Å². The Kier molecular flexibility index (Phi) is 6.63. The molecule has 1 heterocycles. The Morgan fingerprint density at radius 1 is 1.05 bits per heavy atom. The molecule has 1 N–H and O–H groups in total. The van der Waals surface area contributed by atoms with Crippen LogP contribution in [0.3, 0.4) is 0 Å². The van der Waals surface area contributed by atoms with E-state index in [2.05, 4.69) is 37.3 Å². The largest absolute Gasteiger partial charge is 1.00 e. The number of carbonyl (C=O) groups is 1. The normalized spacial score (nSPS) is 10.3. The van der Waals surface area contributed by atoms with E-state index >= 15 is 0 Å². The summed E-state index contributed by atoms with van der Waals surface area (Å²) in [7, 11) is 0. The van der Waals surface area contributed by atoms with Crippen LogP contribution in [-0.4, -0.2) is 11.1 Å². The fraction of sp³-hybridized carbons (Fsp3) is 0.176. The summed E-state index contributed by atoms with van der Waals surface area (Å²) in [5.41, 5.74) is 3.53. The molecule has 1 aromatic heterocycles. The summed E-state index contributed by atoms with van der Waals surface area (Å²) < 4.78 is 1.63. The third-order valence-corrected chi connectivity index (χ3v) is 3.09. The number of carboxylic acid groups (broad SMARTS) is 1. The van der Waals surface area contributed by atoms with Gasteiger partial charge in [0, 0.05) is 12.1 Å². The second kappa shape index (κ2) is 8.22. The van der Waals surface area contributed by atoms with Crippen molar-refractivity contribution in [2.24, 2.45) is 0 Å². The van der Waals surface area contributed by atoms with Gasteiger partial charge in [-0.1, -0.05) is 43.3 Å². The number of aliphatic carboxylic acids is 1. The van der Waals surface area contributed by atoms with Gasteiger partial charge in [-0.2, -0.15) is 4.57 Å². The van der Waals surface area contributed by atoms with E-state index in [1.54, 1.807) is 17.0 Å². The van der Waals surface area contributed by atoms with E-state index in [0.29, 0.717) is 0 Å². The number of carboxylic acids is 1. The number of hydrogen-bond donors (Lipinski definition) is 1. The zero-order chi connectivity index (χ0) is 14.4. The van der Waals surface area contributed by atoms with Gasteiger partial charge in [0.2, 0.25) is 6.54 Å². The van der Waals surface area contributed by atoms with Gasteiger partial charge in [0.15, 0.2) is 12.4 Å². The van der Waals surface area contributed by atoms with Crippen LogP contribution in [0, 0.1) is 0 Å². The Labute approximate surface area is 131 Å². The Morgan fingerprint density at radius 2 is 1.57 bits per heavy atom. The van der Waals surface area contributed by atoms with Gasteiger partial charge >= 0.3 is 5.97 Å². The quantitative estimate of drug-likeness (QED) is 0.777. The maximum Gasteiger partial charge on any atom is 0.370 e. The highest BCUT2D eigenvalue weighted by Gasteiger charge is 2.05. The van der Waals surface area contributed by atoms with Crippen molar-refractivity contribution in [2.45, 2.75) is 19.9 Å². The summed E-state index contributed by atoms with van der Waals surface area (Å²) in [6, 6.07) is 12.3. The highest BCUT2D eigenvalue weighted by Crippen LogP contribution is 2.09. The number of aryl methyl sites for hydroxylation is 1. The number of aromatic nitrogens is 1. The number of rotatable bonds is 5. The molecule has 0 saturated carbocycles. The van der Waals surface area contributed by atoms with Crippen molar-refractivity contribution in [3.63, 3.8) is 0 Å². The number of nitrogens with zero attached hydrogens (tertiary/aromatic N) is 1. The summed E-state index contributed by atoms with van der Waals surface area (Å²) in [6.45, 7) is 2.13. The van der Waals surface area contributed by atoms with E-state index in [1.165, 1.54) is 5.56 Å². The molecule has 0 spiro atoms. The zero-order valence-electron chi connectivity index (χ0n) is 11.9. The van der Waals surface area contributed by atoms with Crippen molar-refractivity contribution in [1.29, 1.82) is 0 Å². The number of halogens is 1. The van der Waals surface area contributed by atoms with Crippen LogP contribution in [-0.2, 0) is 17.8 Å². The van der Waals surface area contributed by atoms with Crippen LogP contribution in [0.25, 0.3) is 12.2 Å². The summed E-state index contributed by atoms with van der Waals surface area (Å²) in [6.07, 6.45) is 8.66. The lowest BCUT2D eigenvalue weighted by Crippen LogP contribution is -3.00. The predicted octanol–water partition coefficient (Wildman–Crippen LogP) is -0.204. The molecule has 0 saturated heterocycles. The first-order valence-corrected chi connectivity index (χ1v) is 6.65. The van der Waals surface area contributed by atoms with E-state index < -0.39 is 5.97 Å². The molecular formula is C17H18ClNO2. The van der Waals surface area contributed by atoms with Gasteiger partial charge in [-0.15, -0.1) is 0 Å². The Hall–Kier alpha value is -2.13. The van der Waals surface area contributed by atoms with Crippen LogP contribution >= 0.6 is 0 Å². The minimum absolute atomic E-state index is 0. The number of hydrogen-bond acceptors (Lipinski definition) is 1. The lowest BCUT2D eigenvalue weighted by Gasteiger charge is -1.97. The van der Waals surface area contributed by atoms with Gasteiger partial charge in [0.05, 0.1) is 0 Å². The molecule has 4 heteroatoms. The molecule has 110 valence electrons. The van der Waals surface area contributed by atoms with Crippen LogP contribution in [0.5, 0.6) is 0 Å². The maximum atomic E-state index is 10.6. The zero-order valence-corrected chi connectivity index (χ0v) is 12.6. The van der Waals surface area contributed by atoms with Gasteiger partial charge in [-0.05, 0) is 23.1 Å². The molecule has 3 nitrogen and oxygen atoms in total. The molecule has 0 amide bonds. The molecule has 0 bridgehead atoms. The Bertz CT molecular complexity index is 604. The second-order valence-electron chi connectivity index (χ2n) is 4.63. The van der Waals surface area contributed by atoms with E-state index in [9.17, 15) is 4.79 Å². The molecule has 0 aliphatic heterocycles. The standard InChI is InChI=1S/C17H17NO2.ClH/c1-2-14-3-5-15(6-4-14)7-8-16-9-11-18(12-10-16)13-17(19)20;/h3-12H,2,13H2,1H3;1H/b8-7-;. The molecule has 0 atom stereocenters. The molecule has 0 aliphatic rings. The molecule has 2 aromatic rings. The minimum atomic E-state index is -0.839. The van der Waals surface area contributed by atoms with Gasteiger partial charge in [0.25, 0.3) is 0 Å². The highest BCUT2D eigenvalue weighted by atomic mass is 35.5. The topological polar surface area (TPSA) is 41.2 Å². The average Bonchev–Trinajstić information content (AvgIpc) is 2.46. The van der Waals surface area contributed by atoms with Crippen molar-refractivity contribution in [3.05, 3.63) is 65.5 Å². The van der Waals surface area contributed by atoms with Crippen molar-refractivity contribution in [3.8, 4) is 0 Å².